The zero-order chi connectivity index (χ0) is 19.7. The number of aromatic nitrogens is 1. The average Bonchev–Trinajstić information content (AvgIpc) is 2.89. The van der Waals surface area contributed by atoms with Crippen LogP contribution in [-0.2, 0) is 0 Å². The number of rotatable bonds is 8. The molecule has 0 aliphatic carbocycles. The first-order valence-corrected chi connectivity index (χ1v) is 9.53. The highest BCUT2D eigenvalue weighted by Gasteiger charge is 2.10. The van der Waals surface area contributed by atoms with Gasteiger partial charge in [-0.2, -0.15) is 0 Å². The highest BCUT2D eigenvalue weighted by molar-refractivity contribution is 6.07. The molecule has 2 aromatic carbocycles. The predicted octanol–water partition coefficient (Wildman–Crippen LogP) is 3.49. The molecule has 146 valence electrons. The molecule has 3 rings (SSSR count). The van der Waals surface area contributed by atoms with Crippen LogP contribution in [0.5, 0.6) is 11.5 Å². The first kappa shape index (κ1) is 19.5. The summed E-state index contributed by atoms with van der Waals surface area (Å²) < 4.78 is 13.7. The number of quaternary nitrogens is 2. The third kappa shape index (κ3) is 5.37. The molecular weight excluding hydrogens is 338 g/mol. The van der Waals surface area contributed by atoms with Crippen LogP contribution >= 0.6 is 0 Å². The molecule has 0 saturated heterocycles. The van der Waals surface area contributed by atoms with Crippen molar-refractivity contribution in [2.45, 2.75) is 0 Å². The van der Waals surface area contributed by atoms with E-state index in [1.165, 1.54) is 10.8 Å². The van der Waals surface area contributed by atoms with Crippen LogP contribution in [0.3, 0.4) is 0 Å². The van der Waals surface area contributed by atoms with E-state index in [-0.39, 0.29) is 0 Å². The van der Waals surface area contributed by atoms with Crippen LogP contribution < -0.4 is 9.47 Å². The molecule has 0 bridgehead atoms. The first-order chi connectivity index (χ1) is 12.6. The van der Waals surface area contributed by atoms with Crippen molar-refractivity contribution in [3.63, 3.8) is 0 Å². The fraction of sp³-hybridized carbons (Fsp3) is 0.455. The van der Waals surface area contributed by atoms with E-state index < -0.39 is 0 Å². The molecular formula is C22H33N3O2+2. The van der Waals surface area contributed by atoms with E-state index in [2.05, 4.69) is 83.7 Å². The summed E-state index contributed by atoms with van der Waals surface area (Å²) in [6, 6.07) is 12.5. The van der Waals surface area contributed by atoms with Gasteiger partial charge in [0.05, 0.1) is 53.3 Å². The van der Waals surface area contributed by atoms with E-state index in [9.17, 15) is 0 Å². The van der Waals surface area contributed by atoms with Crippen molar-refractivity contribution < 1.29 is 18.4 Å². The molecule has 3 aromatic rings. The summed E-state index contributed by atoms with van der Waals surface area (Å²) in [7, 11) is 13.0. The lowest BCUT2D eigenvalue weighted by atomic mass is 10.1. The SMILES string of the molecule is C[N+](C)(C)CCOc1ccc2c(c1)[nH]c1cc(OCC[N+](C)(C)C)ccc12. The van der Waals surface area contributed by atoms with Crippen molar-refractivity contribution in [3.8, 4) is 11.5 Å². The zero-order valence-electron chi connectivity index (χ0n) is 17.5. The van der Waals surface area contributed by atoms with Crippen LogP contribution in [0.15, 0.2) is 36.4 Å². The fourth-order valence-corrected chi connectivity index (χ4v) is 2.92. The van der Waals surface area contributed by atoms with Gasteiger partial charge in [0.15, 0.2) is 0 Å². The second-order valence-corrected chi connectivity index (χ2v) is 9.26. The second-order valence-electron chi connectivity index (χ2n) is 9.26. The second kappa shape index (κ2) is 7.41. The summed E-state index contributed by atoms with van der Waals surface area (Å²) in [4.78, 5) is 3.50. The number of fused-ring (bicyclic) bond motifs is 3. The minimum Gasteiger partial charge on any atom is -0.488 e. The van der Waals surface area contributed by atoms with Crippen LogP contribution in [0.2, 0.25) is 0 Å². The van der Waals surface area contributed by atoms with Gasteiger partial charge in [-0.05, 0) is 24.3 Å². The van der Waals surface area contributed by atoms with E-state index >= 15 is 0 Å². The smallest absolute Gasteiger partial charge is 0.137 e. The number of H-pyrrole nitrogens is 1. The molecule has 1 N–H and O–H groups in total. The van der Waals surface area contributed by atoms with Crippen molar-refractivity contribution in [2.24, 2.45) is 0 Å². The van der Waals surface area contributed by atoms with Crippen LogP contribution in [0, 0.1) is 0 Å². The fourth-order valence-electron chi connectivity index (χ4n) is 2.92. The summed E-state index contributed by atoms with van der Waals surface area (Å²) in [5.74, 6) is 1.81. The van der Waals surface area contributed by atoms with Gasteiger partial charge in [-0.25, -0.2) is 0 Å². The largest absolute Gasteiger partial charge is 0.488 e. The number of hydrogen-bond acceptors (Lipinski definition) is 2. The molecule has 1 heterocycles. The topological polar surface area (TPSA) is 34.2 Å². The van der Waals surface area contributed by atoms with Crippen molar-refractivity contribution in [3.05, 3.63) is 36.4 Å². The number of aromatic amines is 1. The Morgan fingerprint density at radius 1 is 0.667 bits per heavy atom. The molecule has 0 aliphatic rings. The lowest BCUT2D eigenvalue weighted by molar-refractivity contribution is -0.870. The highest BCUT2D eigenvalue weighted by Crippen LogP contribution is 2.30. The van der Waals surface area contributed by atoms with E-state index in [1.807, 2.05) is 0 Å². The Balaban J connectivity index is 1.74. The van der Waals surface area contributed by atoms with Crippen molar-refractivity contribution in [2.75, 3.05) is 68.6 Å². The number of ether oxygens (including phenoxy) is 2. The average molecular weight is 372 g/mol. The molecule has 0 fully saturated rings. The van der Waals surface area contributed by atoms with Gasteiger partial charge in [0.2, 0.25) is 0 Å². The Bertz CT molecular complexity index is 843. The number of hydrogen-bond donors (Lipinski definition) is 1. The molecule has 0 saturated carbocycles. The predicted molar refractivity (Wildman–Crippen MR) is 113 cm³/mol. The lowest BCUT2D eigenvalue weighted by Gasteiger charge is -2.23. The number of nitrogens with one attached hydrogen (secondary N) is 1. The number of nitrogens with zero attached hydrogens (tertiary/aromatic N) is 2. The van der Waals surface area contributed by atoms with Crippen molar-refractivity contribution in [1.82, 2.24) is 4.98 Å². The third-order valence-corrected chi connectivity index (χ3v) is 4.60. The molecule has 0 amide bonds. The Morgan fingerprint density at radius 3 is 1.44 bits per heavy atom. The van der Waals surface area contributed by atoms with Gasteiger partial charge in [0.1, 0.15) is 37.8 Å². The molecule has 1 aromatic heterocycles. The van der Waals surface area contributed by atoms with E-state index in [1.54, 1.807) is 0 Å². The van der Waals surface area contributed by atoms with E-state index in [4.69, 9.17) is 9.47 Å². The standard InChI is InChI=1S/C22H33N3O2/c1-24(2,3)11-13-26-17-7-9-19-20-10-8-18(27-14-12-25(4,5)6)16-22(20)23-21(19)15-17/h7-10,15-16,23H,11-14H2,1-6H3/q+2. The quantitative estimate of drug-likeness (QED) is 0.615. The first-order valence-electron chi connectivity index (χ1n) is 9.53. The van der Waals surface area contributed by atoms with E-state index in [0.717, 1.165) is 44.6 Å². The monoisotopic (exact) mass is 371 g/mol. The third-order valence-electron chi connectivity index (χ3n) is 4.60. The van der Waals surface area contributed by atoms with Gasteiger partial charge in [-0.3, -0.25) is 0 Å². The summed E-state index contributed by atoms with van der Waals surface area (Å²) in [5, 5.41) is 2.42. The molecule has 5 nitrogen and oxygen atoms in total. The van der Waals surface area contributed by atoms with Gasteiger partial charge >= 0.3 is 0 Å². The molecule has 0 spiro atoms. The normalized spacial score (nSPS) is 12.7. The molecule has 5 heteroatoms. The Hall–Kier alpha value is -2.24. The number of likely N-dealkylation sites (N-methyl/N-ethyl adjacent to an activating group) is 2. The highest BCUT2D eigenvalue weighted by atomic mass is 16.5. The summed E-state index contributed by atoms with van der Waals surface area (Å²) >= 11 is 0. The Labute approximate surface area is 162 Å². The minimum absolute atomic E-state index is 0.708. The molecule has 0 aliphatic heterocycles. The van der Waals surface area contributed by atoms with Crippen LogP contribution in [0.4, 0.5) is 0 Å². The lowest BCUT2D eigenvalue weighted by Crippen LogP contribution is -2.38. The maximum Gasteiger partial charge on any atom is 0.137 e. The summed E-state index contributed by atoms with van der Waals surface area (Å²) in [6.45, 7) is 3.36. The number of benzene rings is 2. The van der Waals surface area contributed by atoms with Gasteiger partial charge in [-0.1, -0.05) is 0 Å². The van der Waals surface area contributed by atoms with Crippen LogP contribution in [0.1, 0.15) is 0 Å². The van der Waals surface area contributed by atoms with Crippen LogP contribution in [0.25, 0.3) is 21.8 Å². The Morgan fingerprint density at radius 2 is 1.07 bits per heavy atom. The van der Waals surface area contributed by atoms with Gasteiger partial charge in [0.25, 0.3) is 0 Å². The van der Waals surface area contributed by atoms with Gasteiger partial charge < -0.3 is 23.4 Å². The maximum absolute atomic E-state index is 5.93. The Kier molecular flexibility index (Phi) is 5.36. The summed E-state index contributed by atoms with van der Waals surface area (Å²) in [6.07, 6.45) is 0. The van der Waals surface area contributed by atoms with Gasteiger partial charge in [0, 0.05) is 22.9 Å². The molecule has 0 radical (unpaired) electrons. The molecule has 0 atom stereocenters. The molecule has 0 unspecified atom stereocenters. The van der Waals surface area contributed by atoms with E-state index in [0.29, 0.717) is 13.2 Å². The van der Waals surface area contributed by atoms with Gasteiger partial charge in [-0.15, -0.1) is 0 Å². The van der Waals surface area contributed by atoms with Crippen molar-refractivity contribution in [1.29, 1.82) is 0 Å². The maximum atomic E-state index is 5.93. The summed E-state index contributed by atoms with van der Waals surface area (Å²) in [5.41, 5.74) is 2.19. The minimum atomic E-state index is 0.708. The van der Waals surface area contributed by atoms with Crippen molar-refractivity contribution >= 4 is 21.8 Å². The molecule has 27 heavy (non-hydrogen) atoms. The zero-order valence-corrected chi connectivity index (χ0v) is 17.5. The van der Waals surface area contributed by atoms with Crippen LogP contribution in [-0.4, -0.2) is 82.5 Å².